The highest BCUT2D eigenvalue weighted by Crippen LogP contribution is 2.25. The van der Waals surface area contributed by atoms with Crippen molar-refractivity contribution in [2.75, 3.05) is 13.1 Å². The highest BCUT2D eigenvalue weighted by Gasteiger charge is 2.25. The molecule has 22 heavy (non-hydrogen) atoms. The Morgan fingerprint density at radius 2 is 2.09 bits per heavy atom. The number of benzene rings is 1. The molecule has 0 aliphatic carbocycles. The van der Waals surface area contributed by atoms with Crippen LogP contribution in [0.3, 0.4) is 0 Å². The Morgan fingerprint density at radius 3 is 2.82 bits per heavy atom. The van der Waals surface area contributed by atoms with Gasteiger partial charge >= 0.3 is 0 Å². The van der Waals surface area contributed by atoms with E-state index in [-0.39, 0.29) is 17.0 Å². The molecule has 1 fully saturated rings. The van der Waals surface area contributed by atoms with Crippen LogP contribution in [0.25, 0.3) is 11.4 Å². The molecule has 1 saturated heterocycles. The van der Waals surface area contributed by atoms with Crippen molar-refractivity contribution < 1.29 is 9.18 Å². The second-order valence-electron chi connectivity index (χ2n) is 5.24. The molecule has 0 spiro atoms. The summed E-state index contributed by atoms with van der Waals surface area (Å²) in [6.45, 7) is 3.51. The summed E-state index contributed by atoms with van der Waals surface area (Å²) in [5, 5.41) is 7.01. The van der Waals surface area contributed by atoms with Gasteiger partial charge in [0.15, 0.2) is 5.82 Å². The second-order valence-corrected chi connectivity index (χ2v) is 6.55. The van der Waals surface area contributed by atoms with Crippen LogP contribution in [0.4, 0.5) is 4.39 Å². The second kappa shape index (κ2) is 6.48. The zero-order valence-electron chi connectivity index (χ0n) is 12.3. The van der Waals surface area contributed by atoms with Gasteiger partial charge in [0.1, 0.15) is 5.82 Å². The predicted octanol–water partition coefficient (Wildman–Crippen LogP) is 2.71. The molecule has 1 aromatic carbocycles. The number of halogens is 1. The van der Waals surface area contributed by atoms with Crippen LogP contribution in [-0.2, 0) is 4.79 Å². The van der Waals surface area contributed by atoms with E-state index in [1.807, 2.05) is 11.8 Å². The average molecular weight is 320 g/mol. The molecule has 1 aliphatic rings. The Bertz CT molecular complexity index is 669. The Hall–Kier alpha value is -1.89. The summed E-state index contributed by atoms with van der Waals surface area (Å²) in [6.07, 6.45) is 2.14. The van der Waals surface area contributed by atoms with Gasteiger partial charge in [-0.05, 0) is 31.9 Å². The van der Waals surface area contributed by atoms with Crippen LogP contribution in [0.5, 0.6) is 0 Å². The molecule has 1 N–H and O–H groups in total. The highest BCUT2D eigenvalue weighted by molar-refractivity contribution is 8.00. The molecule has 1 amide bonds. The highest BCUT2D eigenvalue weighted by atomic mass is 32.2. The molecule has 0 saturated carbocycles. The van der Waals surface area contributed by atoms with Crippen molar-refractivity contribution in [1.29, 1.82) is 0 Å². The van der Waals surface area contributed by atoms with E-state index in [9.17, 15) is 9.18 Å². The Kier molecular flexibility index (Phi) is 4.42. The molecule has 2 aromatic rings. The molecule has 0 bridgehead atoms. The summed E-state index contributed by atoms with van der Waals surface area (Å²) < 4.78 is 13.7. The van der Waals surface area contributed by atoms with Gasteiger partial charge in [-0.2, -0.15) is 0 Å². The summed E-state index contributed by atoms with van der Waals surface area (Å²) >= 11 is 1.29. The van der Waals surface area contributed by atoms with Crippen LogP contribution < -0.4 is 0 Å². The molecule has 1 aromatic heterocycles. The first-order chi connectivity index (χ1) is 10.6. The number of likely N-dealkylation sites (tertiary alicyclic amines) is 1. The third-order valence-corrected chi connectivity index (χ3v) is 4.59. The molecular formula is C15H17FN4OS. The fourth-order valence-electron chi connectivity index (χ4n) is 2.48. The van der Waals surface area contributed by atoms with Gasteiger partial charge in [-0.3, -0.25) is 9.89 Å². The van der Waals surface area contributed by atoms with E-state index in [0.29, 0.717) is 16.5 Å². The predicted molar refractivity (Wildman–Crippen MR) is 82.9 cm³/mol. The van der Waals surface area contributed by atoms with Gasteiger partial charge in [-0.15, -0.1) is 5.10 Å². The lowest BCUT2D eigenvalue weighted by Crippen LogP contribution is -2.34. The van der Waals surface area contributed by atoms with Gasteiger partial charge in [-0.1, -0.05) is 23.9 Å². The molecule has 1 aliphatic heterocycles. The molecular weight excluding hydrogens is 303 g/mol. The summed E-state index contributed by atoms with van der Waals surface area (Å²) in [4.78, 5) is 18.4. The lowest BCUT2D eigenvalue weighted by molar-refractivity contribution is -0.129. The molecule has 0 unspecified atom stereocenters. The van der Waals surface area contributed by atoms with Gasteiger partial charge in [0, 0.05) is 13.1 Å². The summed E-state index contributed by atoms with van der Waals surface area (Å²) in [7, 11) is 0. The number of hydrogen-bond acceptors (Lipinski definition) is 4. The third kappa shape index (κ3) is 3.14. The maximum absolute atomic E-state index is 13.7. The maximum atomic E-state index is 13.7. The first-order valence-corrected chi connectivity index (χ1v) is 8.16. The van der Waals surface area contributed by atoms with Gasteiger partial charge < -0.3 is 4.90 Å². The molecule has 0 radical (unpaired) electrons. The van der Waals surface area contributed by atoms with E-state index in [1.54, 1.807) is 18.2 Å². The average Bonchev–Trinajstić information content (AvgIpc) is 3.18. The van der Waals surface area contributed by atoms with E-state index in [0.717, 1.165) is 25.9 Å². The van der Waals surface area contributed by atoms with E-state index >= 15 is 0 Å². The van der Waals surface area contributed by atoms with Crippen molar-refractivity contribution in [2.24, 2.45) is 0 Å². The summed E-state index contributed by atoms with van der Waals surface area (Å²) in [5.41, 5.74) is 0.375. The molecule has 5 nitrogen and oxygen atoms in total. The zero-order chi connectivity index (χ0) is 15.5. The lowest BCUT2D eigenvalue weighted by atomic mass is 10.2. The Labute approximate surface area is 132 Å². The largest absolute Gasteiger partial charge is 0.342 e. The lowest BCUT2D eigenvalue weighted by Gasteiger charge is -2.18. The smallest absolute Gasteiger partial charge is 0.235 e. The molecule has 3 rings (SSSR count). The molecule has 116 valence electrons. The number of aromatic nitrogens is 3. The maximum Gasteiger partial charge on any atom is 0.235 e. The van der Waals surface area contributed by atoms with Crippen molar-refractivity contribution in [3.63, 3.8) is 0 Å². The number of carbonyl (C=O) groups is 1. The summed E-state index contributed by atoms with van der Waals surface area (Å²) in [6, 6.07) is 6.39. The van der Waals surface area contributed by atoms with Crippen molar-refractivity contribution in [3.8, 4) is 11.4 Å². The number of nitrogens with one attached hydrogen (secondary N) is 1. The van der Waals surface area contributed by atoms with Crippen LogP contribution in [0.2, 0.25) is 0 Å². The number of rotatable bonds is 4. The van der Waals surface area contributed by atoms with E-state index in [4.69, 9.17) is 0 Å². The Balaban J connectivity index is 1.69. The quantitative estimate of drug-likeness (QED) is 0.880. The SMILES string of the molecule is C[C@H](Sc1n[nH]c(-c2ccccc2F)n1)C(=O)N1CCCC1. The van der Waals surface area contributed by atoms with Crippen LogP contribution in [0.1, 0.15) is 19.8 Å². The van der Waals surface area contributed by atoms with Crippen LogP contribution >= 0.6 is 11.8 Å². The first-order valence-electron chi connectivity index (χ1n) is 7.28. The number of H-pyrrole nitrogens is 1. The number of amides is 1. The fraction of sp³-hybridized carbons (Fsp3) is 0.400. The van der Waals surface area contributed by atoms with Crippen molar-refractivity contribution in [3.05, 3.63) is 30.1 Å². The number of nitrogens with zero attached hydrogens (tertiary/aromatic N) is 3. The van der Waals surface area contributed by atoms with E-state index in [1.165, 1.54) is 17.8 Å². The van der Waals surface area contributed by atoms with Crippen LogP contribution in [0, 0.1) is 5.82 Å². The van der Waals surface area contributed by atoms with Gasteiger partial charge in [0.25, 0.3) is 0 Å². The molecule has 7 heteroatoms. The number of thioether (sulfide) groups is 1. The van der Waals surface area contributed by atoms with Gasteiger partial charge in [-0.25, -0.2) is 9.37 Å². The summed E-state index contributed by atoms with van der Waals surface area (Å²) in [5.74, 6) is 0.137. The van der Waals surface area contributed by atoms with E-state index in [2.05, 4.69) is 15.2 Å². The normalized spacial score (nSPS) is 16.0. The minimum Gasteiger partial charge on any atom is -0.342 e. The van der Waals surface area contributed by atoms with Crippen LogP contribution in [-0.4, -0.2) is 44.3 Å². The van der Waals surface area contributed by atoms with Crippen molar-refractivity contribution >= 4 is 17.7 Å². The monoisotopic (exact) mass is 320 g/mol. The minimum atomic E-state index is -0.351. The first kappa shape index (κ1) is 15.0. The third-order valence-electron chi connectivity index (χ3n) is 3.64. The number of hydrogen-bond donors (Lipinski definition) is 1. The zero-order valence-corrected chi connectivity index (χ0v) is 13.1. The molecule has 2 heterocycles. The Morgan fingerprint density at radius 1 is 1.36 bits per heavy atom. The standard InChI is InChI=1S/C15H17FN4OS/c1-10(14(21)20-8-4-5-9-20)22-15-17-13(18-19-15)11-6-2-3-7-12(11)16/h2-3,6-7,10H,4-5,8-9H2,1H3,(H,17,18,19)/t10-/m0/s1. The fourth-order valence-corrected chi connectivity index (χ4v) is 3.28. The van der Waals surface area contributed by atoms with Crippen molar-refractivity contribution in [2.45, 2.75) is 30.2 Å². The number of aromatic amines is 1. The molecule has 1 atom stereocenters. The van der Waals surface area contributed by atoms with Gasteiger partial charge in [0.2, 0.25) is 11.1 Å². The topological polar surface area (TPSA) is 61.9 Å². The van der Waals surface area contributed by atoms with Crippen molar-refractivity contribution in [1.82, 2.24) is 20.1 Å². The van der Waals surface area contributed by atoms with Gasteiger partial charge in [0.05, 0.1) is 10.8 Å². The minimum absolute atomic E-state index is 0.111. The van der Waals surface area contributed by atoms with Crippen LogP contribution in [0.15, 0.2) is 29.4 Å². The van der Waals surface area contributed by atoms with E-state index < -0.39 is 0 Å². The number of carbonyl (C=O) groups excluding carboxylic acids is 1.